The molecule has 6 heteroatoms. The summed E-state index contributed by atoms with van der Waals surface area (Å²) < 4.78 is 10.4. The van der Waals surface area contributed by atoms with Crippen molar-refractivity contribution in [2.75, 3.05) is 26.3 Å². The summed E-state index contributed by atoms with van der Waals surface area (Å²) in [7, 11) is 0. The van der Waals surface area contributed by atoms with Crippen LogP contribution in [0.25, 0.3) is 0 Å². The van der Waals surface area contributed by atoms with E-state index in [9.17, 15) is 9.59 Å². The molecule has 2 rings (SSSR count). The summed E-state index contributed by atoms with van der Waals surface area (Å²) in [6.07, 6.45) is -0.950. The summed E-state index contributed by atoms with van der Waals surface area (Å²) in [5.74, 6) is -0.682. The zero-order valence-electron chi connectivity index (χ0n) is 10.3. The predicted molar refractivity (Wildman–Crippen MR) is 65.9 cm³/mol. The molecule has 1 unspecified atom stereocenters. The van der Waals surface area contributed by atoms with Crippen molar-refractivity contribution in [3.8, 4) is 5.75 Å². The van der Waals surface area contributed by atoms with Gasteiger partial charge in [-0.05, 0) is 12.1 Å². The molecule has 6 nitrogen and oxygen atoms in total. The fraction of sp³-hybridized carbons (Fsp3) is 0.385. The SMILES string of the molecule is O=C(O)C1CN(C(=O)COc2ccccc2)CCO1. The van der Waals surface area contributed by atoms with Crippen LogP contribution in [0.5, 0.6) is 5.75 Å². The van der Waals surface area contributed by atoms with Gasteiger partial charge in [0.2, 0.25) is 0 Å². The molecular weight excluding hydrogens is 250 g/mol. The van der Waals surface area contributed by atoms with Crippen LogP contribution < -0.4 is 4.74 Å². The van der Waals surface area contributed by atoms with Gasteiger partial charge in [-0.2, -0.15) is 0 Å². The van der Waals surface area contributed by atoms with Crippen molar-refractivity contribution in [3.63, 3.8) is 0 Å². The molecule has 1 fully saturated rings. The number of carboxylic acids is 1. The molecule has 1 aliphatic heterocycles. The standard InChI is InChI=1S/C13H15NO5/c15-12(9-19-10-4-2-1-3-5-10)14-6-7-18-11(8-14)13(16)17/h1-5,11H,6-9H2,(H,16,17). The number of amides is 1. The number of ether oxygens (including phenoxy) is 2. The largest absolute Gasteiger partial charge is 0.484 e. The Morgan fingerprint density at radius 2 is 2.11 bits per heavy atom. The van der Waals surface area contributed by atoms with Gasteiger partial charge in [-0.25, -0.2) is 4.79 Å². The third-order valence-corrected chi connectivity index (χ3v) is 2.80. The molecule has 1 amide bonds. The van der Waals surface area contributed by atoms with Gasteiger partial charge in [0.15, 0.2) is 12.7 Å². The maximum atomic E-state index is 11.9. The van der Waals surface area contributed by atoms with E-state index >= 15 is 0 Å². The van der Waals surface area contributed by atoms with Crippen LogP contribution in [0.15, 0.2) is 30.3 Å². The number of carbonyl (C=O) groups is 2. The zero-order chi connectivity index (χ0) is 13.7. The van der Waals surface area contributed by atoms with Crippen molar-refractivity contribution in [1.29, 1.82) is 0 Å². The zero-order valence-corrected chi connectivity index (χ0v) is 10.3. The number of aliphatic carboxylic acids is 1. The van der Waals surface area contributed by atoms with E-state index in [1.807, 2.05) is 18.2 Å². The average Bonchev–Trinajstić information content (AvgIpc) is 2.46. The third kappa shape index (κ3) is 3.69. The minimum absolute atomic E-state index is 0.0618. The Hall–Kier alpha value is -2.08. The first-order valence-corrected chi connectivity index (χ1v) is 5.97. The van der Waals surface area contributed by atoms with Crippen LogP contribution >= 0.6 is 0 Å². The Morgan fingerprint density at radius 1 is 1.37 bits per heavy atom. The van der Waals surface area contributed by atoms with Crippen molar-refractivity contribution >= 4 is 11.9 Å². The maximum absolute atomic E-state index is 11.9. The summed E-state index contributed by atoms with van der Waals surface area (Å²) in [6, 6.07) is 9.00. The maximum Gasteiger partial charge on any atom is 0.334 e. The number of para-hydroxylation sites is 1. The average molecular weight is 265 g/mol. The fourth-order valence-corrected chi connectivity index (χ4v) is 1.78. The minimum atomic E-state index is -1.05. The monoisotopic (exact) mass is 265 g/mol. The molecule has 1 aliphatic rings. The predicted octanol–water partition coefficient (Wildman–Crippen LogP) is 0.377. The molecular formula is C13H15NO5. The third-order valence-electron chi connectivity index (χ3n) is 2.80. The second kappa shape index (κ2) is 6.19. The molecule has 0 spiro atoms. The van der Waals surface area contributed by atoms with Crippen molar-refractivity contribution in [3.05, 3.63) is 30.3 Å². The van der Waals surface area contributed by atoms with Crippen molar-refractivity contribution in [1.82, 2.24) is 4.90 Å². The van der Waals surface area contributed by atoms with Crippen LogP contribution in [-0.2, 0) is 14.3 Å². The van der Waals surface area contributed by atoms with Gasteiger partial charge in [0.05, 0.1) is 13.2 Å². The van der Waals surface area contributed by atoms with E-state index in [-0.39, 0.29) is 25.7 Å². The number of nitrogens with zero attached hydrogens (tertiary/aromatic N) is 1. The van der Waals surface area contributed by atoms with E-state index in [1.54, 1.807) is 12.1 Å². The lowest BCUT2D eigenvalue weighted by Crippen LogP contribution is -2.49. The summed E-state index contributed by atoms with van der Waals surface area (Å²) in [6.45, 7) is 0.581. The first kappa shape index (κ1) is 13.4. The Balaban J connectivity index is 1.84. The molecule has 102 valence electrons. The second-order valence-corrected chi connectivity index (χ2v) is 4.14. The minimum Gasteiger partial charge on any atom is -0.484 e. The number of carboxylic acid groups (broad SMARTS) is 1. The lowest BCUT2D eigenvalue weighted by atomic mass is 10.2. The smallest absolute Gasteiger partial charge is 0.334 e. The van der Waals surface area contributed by atoms with Crippen LogP contribution in [0.4, 0.5) is 0 Å². The van der Waals surface area contributed by atoms with E-state index in [0.717, 1.165) is 0 Å². The first-order chi connectivity index (χ1) is 9.16. The molecule has 1 heterocycles. The highest BCUT2D eigenvalue weighted by molar-refractivity contribution is 5.79. The molecule has 0 aromatic heterocycles. The van der Waals surface area contributed by atoms with Crippen molar-refractivity contribution in [2.45, 2.75) is 6.10 Å². The van der Waals surface area contributed by atoms with Crippen LogP contribution in [0.2, 0.25) is 0 Å². The van der Waals surface area contributed by atoms with Gasteiger partial charge in [0.25, 0.3) is 5.91 Å². The van der Waals surface area contributed by atoms with Gasteiger partial charge < -0.3 is 19.5 Å². The van der Waals surface area contributed by atoms with Gasteiger partial charge in [-0.15, -0.1) is 0 Å². The van der Waals surface area contributed by atoms with Gasteiger partial charge in [0.1, 0.15) is 5.75 Å². The number of benzene rings is 1. The highest BCUT2D eigenvalue weighted by atomic mass is 16.5. The van der Waals surface area contributed by atoms with Crippen molar-refractivity contribution < 1.29 is 24.2 Å². The van der Waals surface area contributed by atoms with Crippen LogP contribution in [0.3, 0.4) is 0 Å². The van der Waals surface area contributed by atoms with E-state index in [2.05, 4.69) is 0 Å². The molecule has 1 aromatic rings. The molecule has 1 atom stereocenters. The van der Waals surface area contributed by atoms with E-state index < -0.39 is 12.1 Å². The molecule has 1 N–H and O–H groups in total. The lowest BCUT2D eigenvalue weighted by molar-refractivity contribution is -0.159. The highest BCUT2D eigenvalue weighted by Gasteiger charge is 2.28. The Bertz CT molecular complexity index is 448. The van der Waals surface area contributed by atoms with Crippen LogP contribution in [0, 0.1) is 0 Å². The Kier molecular flexibility index (Phi) is 4.35. The van der Waals surface area contributed by atoms with Crippen LogP contribution in [-0.4, -0.2) is 54.3 Å². The second-order valence-electron chi connectivity index (χ2n) is 4.14. The first-order valence-electron chi connectivity index (χ1n) is 5.97. The topological polar surface area (TPSA) is 76.1 Å². The quantitative estimate of drug-likeness (QED) is 0.851. The summed E-state index contributed by atoms with van der Waals surface area (Å²) in [4.78, 5) is 24.1. The van der Waals surface area contributed by atoms with Crippen molar-refractivity contribution in [2.24, 2.45) is 0 Å². The van der Waals surface area contributed by atoms with Gasteiger partial charge in [-0.1, -0.05) is 18.2 Å². The molecule has 1 saturated heterocycles. The van der Waals surface area contributed by atoms with Gasteiger partial charge in [-0.3, -0.25) is 4.79 Å². The summed E-state index contributed by atoms with van der Waals surface area (Å²) in [5.41, 5.74) is 0. The van der Waals surface area contributed by atoms with E-state index in [4.69, 9.17) is 14.6 Å². The molecule has 0 radical (unpaired) electrons. The lowest BCUT2D eigenvalue weighted by Gasteiger charge is -2.30. The summed E-state index contributed by atoms with van der Waals surface area (Å²) >= 11 is 0. The molecule has 1 aromatic carbocycles. The normalized spacial score (nSPS) is 18.9. The Morgan fingerprint density at radius 3 is 2.79 bits per heavy atom. The molecule has 0 bridgehead atoms. The van der Waals surface area contributed by atoms with E-state index in [0.29, 0.717) is 12.3 Å². The Labute approximate surface area is 110 Å². The summed E-state index contributed by atoms with van der Waals surface area (Å²) in [5, 5.41) is 8.85. The van der Waals surface area contributed by atoms with Crippen LogP contribution in [0.1, 0.15) is 0 Å². The highest BCUT2D eigenvalue weighted by Crippen LogP contribution is 2.10. The number of hydrogen-bond donors (Lipinski definition) is 1. The number of rotatable bonds is 4. The molecule has 0 aliphatic carbocycles. The van der Waals surface area contributed by atoms with Gasteiger partial charge in [0, 0.05) is 6.54 Å². The van der Waals surface area contributed by atoms with E-state index in [1.165, 1.54) is 4.90 Å². The number of hydrogen-bond acceptors (Lipinski definition) is 4. The fourth-order valence-electron chi connectivity index (χ4n) is 1.78. The number of morpholine rings is 1. The van der Waals surface area contributed by atoms with Gasteiger partial charge >= 0.3 is 5.97 Å². The molecule has 19 heavy (non-hydrogen) atoms. The molecule has 0 saturated carbocycles. The number of carbonyl (C=O) groups excluding carboxylic acids is 1.